The zero-order valence-corrected chi connectivity index (χ0v) is 15.4. The number of rotatable bonds is 5. The van der Waals surface area contributed by atoms with E-state index in [0.29, 0.717) is 27.6 Å². The van der Waals surface area contributed by atoms with Gasteiger partial charge in [-0.05, 0) is 29.8 Å². The maximum absolute atomic E-state index is 12.9. The largest absolute Gasteiger partial charge is 0.496 e. The number of halogens is 1. The summed E-state index contributed by atoms with van der Waals surface area (Å²) in [5.41, 5.74) is 1.38. The SMILES string of the molecule is COc1cccc2c1CC(C(=O)O)N2S(=O)(=O)/C=C/c1ccccc1Cl. The molecule has 1 aliphatic heterocycles. The Morgan fingerprint density at radius 3 is 2.65 bits per heavy atom. The fourth-order valence-electron chi connectivity index (χ4n) is 2.94. The summed E-state index contributed by atoms with van der Waals surface area (Å²) in [6.07, 6.45) is 1.39. The highest BCUT2D eigenvalue weighted by Crippen LogP contribution is 2.40. The van der Waals surface area contributed by atoms with Crippen LogP contribution in [-0.4, -0.2) is 32.6 Å². The van der Waals surface area contributed by atoms with Gasteiger partial charge in [0.2, 0.25) is 0 Å². The van der Waals surface area contributed by atoms with Crippen molar-refractivity contribution in [2.75, 3.05) is 11.4 Å². The van der Waals surface area contributed by atoms with Gasteiger partial charge in [0.25, 0.3) is 10.0 Å². The van der Waals surface area contributed by atoms with Crippen LogP contribution in [0.15, 0.2) is 47.9 Å². The summed E-state index contributed by atoms with van der Waals surface area (Å²) in [6.45, 7) is 0. The van der Waals surface area contributed by atoms with Crippen molar-refractivity contribution < 1.29 is 23.1 Å². The number of sulfonamides is 1. The standard InChI is InChI=1S/C18H16ClNO5S/c1-25-17-8-4-7-15-13(17)11-16(18(21)22)20(15)26(23,24)10-9-12-5-2-3-6-14(12)19/h2-10,16H,11H2,1H3,(H,21,22)/b10-9+. The van der Waals surface area contributed by atoms with E-state index in [1.165, 1.54) is 13.2 Å². The maximum atomic E-state index is 12.9. The van der Waals surface area contributed by atoms with E-state index in [1.54, 1.807) is 42.5 Å². The van der Waals surface area contributed by atoms with Crippen LogP contribution in [0.2, 0.25) is 5.02 Å². The Bertz CT molecular complexity index is 987. The number of hydrogen-bond donors (Lipinski definition) is 1. The van der Waals surface area contributed by atoms with Crippen LogP contribution in [0.5, 0.6) is 5.75 Å². The van der Waals surface area contributed by atoms with Crippen LogP contribution >= 0.6 is 11.6 Å². The molecule has 0 saturated carbocycles. The van der Waals surface area contributed by atoms with Crippen molar-refractivity contribution in [2.24, 2.45) is 0 Å². The number of carboxylic acid groups (broad SMARTS) is 1. The number of benzene rings is 2. The molecule has 6 nitrogen and oxygen atoms in total. The second kappa shape index (κ2) is 7.01. The Morgan fingerprint density at radius 1 is 1.27 bits per heavy atom. The van der Waals surface area contributed by atoms with Crippen LogP contribution in [0.25, 0.3) is 6.08 Å². The number of carbonyl (C=O) groups is 1. The van der Waals surface area contributed by atoms with Gasteiger partial charge in [0.05, 0.1) is 18.2 Å². The van der Waals surface area contributed by atoms with E-state index in [2.05, 4.69) is 0 Å². The zero-order chi connectivity index (χ0) is 18.9. The van der Waals surface area contributed by atoms with E-state index >= 15 is 0 Å². The van der Waals surface area contributed by atoms with Gasteiger partial charge in [-0.3, -0.25) is 4.31 Å². The first kappa shape index (κ1) is 18.3. The van der Waals surface area contributed by atoms with Gasteiger partial charge in [0.15, 0.2) is 0 Å². The lowest BCUT2D eigenvalue weighted by Crippen LogP contribution is -2.41. The predicted octanol–water partition coefficient (Wildman–Crippen LogP) is 3.17. The van der Waals surface area contributed by atoms with E-state index in [9.17, 15) is 18.3 Å². The Hall–Kier alpha value is -2.51. The number of hydrogen-bond acceptors (Lipinski definition) is 4. The lowest BCUT2D eigenvalue weighted by molar-refractivity contribution is -0.138. The van der Waals surface area contributed by atoms with Gasteiger partial charge in [-0.25, -0.2) is 13.2 Å². The fraction of sp³-hybridized carbons (Fsp3) is 0.167. The molecule has 0 aromatic heterocycles. The number of methoxy groups -OCH3 is 1. The number of fused-ring (bicyclic) bond motifs is 1. The molecule has 0 amide bonds. The molecule has 2 aromatic carbocycles. The first-order valence-electron chi connectivity index (χ1n) is 7.71. The lowest BCUT2D eigenvalue weighted by Gasteiger charge is -2.22. The number of carboxylic acids is 1. The van der Waals surface area contributed by atoms with Crippen LogP contribution < -0.4 is 9.04 Å². The molecule has 1 heterocycles. The average molecular weight is 394 g/mol. The highest BCUT2D eigenvalue weighted by Gasteiger charge is 2.42. The third kappa shape index (κ3) is 3.27. The molecule has 0 radical (unpaired) electrons. The quantitative estimate of drug-likeness (QED) is 0.843. The van der Waals surface area contributed by atoms with Crippen LogP contribution in [0.1, 0.15) is 11.1 Å². The van der Waals surface area contributed by atoms with Crippen molar-refractivity contribution in [3.8, 4) is 5.75 Å². The van der Waals surface area contributed by atoms with E-state index in [1.807, 2.05) is 0 Å². The molecule has 0 spiro atoms. The number of ether oxygens (including phenoxy) is 1. The van der Waals surface area contributed by atoms with Gasteiger partial charge in [-0.1, -0.05) is 35.9 Å². The summed E-state index contributed by atoms with van der Waals surface area (Å²) in [5.74, 6) is -0.764. The smallest absolute Gasteiger partial charge is 0.327 e. The minimum Gasteiger partial charge on any atom is -0.496 e. The average Bonchev–Trinajstić information content (AvgIpc) is 3.02. The molecule has 1 unspecified atom stereocenters. The monoisotopic (exact) mass is 393 g/mol. The molecule has 1 atom stereocenters. The molecule has 1 aliphatic rings. The Morgan fingerprint density at radius 2 is 2.00 bits per heavy atom. The summed E-state index contributed by atoms with van der Waals surface area (Å²) in [7, 11) is -2.59. The molecule has 2 aromatic rings. The van der Waals surface area contributed by atoms with Gasteiger partial charge in [-0.2, -0.15) is 0 Å². The summed E-state index contributed by atoms with van der Waals surface area (Å²) in [6, 6.07) is 10.4. The van der Waals surface area contributed by atoms with Crippen LogP contribution in [0.3, 0.4) is 0 Å². The molecule has 3 rings (SSSR count). The van der Waals surface area contributed by atoms with E-state index in [-0.39, 0.29) is 6.42 Å². The number of anilines is 1. The molecular formula is C18H16ClNO5S. The van der Waals surface area contributed by atoms with Crippen molar-refractivity contribution in [1.29, 1.82) is 0 Å². The van der Waals surface area contributed by atoms with Crippen molar-refractivity contribution in [3.63, 3.8) is 0 Å². The summed E-state index contributed by atoms with van der Waals surface area (Å²) >= 11 is 6.04. The number of aliphatic carboxylic acids is 1. The maximum Gasteiger partial charge on any atom is 0.327 e. The lowest BCUT2D eigenvalue weighted by atomic mass is 10.1. The Labute approximate surface area is 156 Å². The molecule has 0 aliphatic carbocycles. The molecule has 8 heteroatoms. The highest BCUT2D eigenvalue weighted by atomic mass is 35.5. The van der Waals surface area contributed by atoms with Gasteiger partial charge in [0.1, 0.15) is 11.8 Å². The summed E-state index contributed by atoms with van der Waals surface area (Å²) < 4.78 is 31.9. The van der Waals surface area contributed by atoms with Crippen molar-refractivity contribution >= 4 is 39.4 Å². The molecule has 26 heavy (non-hydrogen) atoms. The third-order valence-electron chi connectivity index (χ3n) is 4.13. The van der Waals surface area contributed by atoms with Gasteiger partial charge in [-0.15, -0.1) is 0 Å². The molecule has 136 valence electrons. The third-order valence-corrected chi connectivity index (χ3v) is 5.95. The minimum absolute atomic E-state index is 0.0356. The summed E-state index contributed by atoms with van der Waals surface area (Å²) in [5, 5.41) is 10.9. The molecule has 0 saturated heterocycles. The fourth-order valence-corrected chi connectivity index (χ4v) is 4.55. The van der Waals surface area contributed by atoms with Crippen LogP contribution in [0.4, 0.5) is 5.69 Å². The normalized spacial score (nSPS) is 16.7. The number of nitrogens with zero attached hydrogens (tertiary/aromatic N) is 1. The van der Waals surface area contributed by atoms with Crippen molar-refractivity contribution in [1.82, 2.24) is 0 Å². The molecule has 0 bridgehead atoms. The second-order valence-electron chi connectivity index (χ2n) is 5.68. The zero-order valence-electron chi connectivity index (χ0n) is 13.8. The molecule has 0 fully saturated rings. The van der Waals surface area contributed by atoms with E-state index in [0.717, 1.165) is 9.71 Å². The Balaban J connectivity index is 2.06. The minimum atomic E-state index is -4.05. The van der Waals surface area contributed by atoms with E-state index in [4.69, 9.17) is 16.3 Å². The second-order valence-corrected chi connectivity index (χ2v) is 7.78. The topological polar surface area (TPSA) is 83.9 Å². The highest BCUT2D eigenvalue weighted by molar-refractivity contribution is 7.95. The van der Waals surface area contributed by atoms with Gasteiger partial charge < -0.3 is 9.84 Å². The molecular weight excluding hydrogens is 378 g/mol. The van der Waals surface area contributed by atoms with Gasteiger partial charge in [0, 0.05) is 17.0 Å². The first-order chi connectivity index (χ1) is 12.3. The predicted molar refractivity (Wildman–Crippen MR) is 100 cm³/mol. The van der Waals surface area contributed by atoms with Crippen LogP contribution in [-0.2, 0) is 21.2 Å². The van der Waals surface area contributed by atoms with E-state index < -0.39 is 22.0 Å². The van der Waals surface area contributed by atoms with Crippen LogP contribution in [0, 0.1) is 0 Å². The first-order valence-corrected chi connectivity index (χ1v) is 9.59. The van der Waals surface area contributed by atoms with Crippen molar-refractivity contribution in [2.45, 2.75) is 12.5 Å². The van der Waals surface area contributed by atoms with Gasteiger partial charge >= 0.3 is 5.97 Å². The summed E-state index contributed by atoms with van der Waals surface area (Å²) in [4.78, 5) is 11.7. The van der Waals surface area contributed by atoms with Crippen molar-refractivity contribution in [3.05, 3.63) is 64.0 Å². The Kier molecular flexibility index (Phi) is 4.93. The molecule has 1 N–H and O–H groups in total.